The van der Waals surface area contributed by atoms with Gasteiger partial charge in [0.2, 0.25) is 0 Å². The van der Waals surface area contributed by atoms with E-state index in [1.165, 1.54) is 29.4 Å². The van der Waals surface area contributed by atoms with Gasteiger partial charge >= 0.3 is 0 Å². The van der Waals surface area contributed by atoms with Crippen LogP contribution in [0.3, 0.4) is 0 Å². The summed E-state index contributed by atoms with van der Waals surface area (Å²) in [6.45, 7) is 1.82. The Kier molecular flexibility index (Phi) is 4.99. The average Bonchev–Trinajstić information content (AvgIpc) is 3.23. The Balaban J connectivity index is 1.73. The number of halogens is 3. The summed E-state index contributed by atoms with van der Waals surface area (Å²) in [7, 11) is 0. The molecule has 0 saturated heterocycles. The van der Waals surface area contributed by atoms with Crippen molar-refractivity contribution in [1.82, 2.24) is 29.5 Å². The lowest BCUT2D eigenvalue weighted by molar-refractivity contribution is 0.629. The zero-order valence-corrected chi connectivity index (χ0v) is 18.0. The highest BCUT2D eigenvalue weighted by Gasteiger charge is 2.20. The summed E-state index contributed by atoms with van der Waals surface area (Å²) in [5.74, 6) is 0.316. The van der Waals surface area contributed by atoms with Crippen LogP contribution in [0.4, 0.5) is 10.2 Å². The van der Waals surface area contributed by atoms with E-state index in [0.717, 1.165) is 6.07 Å². The van der Waals surface area contributed by atoms with Gasteiger partial charge in [-0.2, -0.15) is 0 Å². The summed E-state index contributed by atoms with van der Waals surface area (Å²) in [5.41, 5.74) is 1.42. The molecular formula is C21H14Cl2FN7O. The Morgan fingerprint density at radius 3 is 2.66 bits per heavy atom. The quantitative estimate of drug-likeness (QED) is 0.396. The van der Waals surface area contributed by atoms with Crippen molar-refractivity contribution in [3.8, 4) is 5.69 Å². The number of rotatable bonds is 4. The predicted octanol–water partition coefficient (Wildman–Crippen LogP) is 4.67. The Hall–Kier alpha value is -3.56. The van der Waals surface area contributed by atoms with E-state index in [2.05, 4.69) is 30.2 Å². The number of anilines is 1. The molecule has 8 nitrogen and oxygen atoms in total. The first kappa shape index (κ1) is 20.3. The van der Waals surface area contributed by atoms with E-state index < -0.39 is 17.4 Å². The van der Waals surface area contributed by atoms with Gasteiger partial charge < -0.3 is 10.3 Å². The molecule has 1 atom stereocenters. The summed E-state index contributed by atoms with van der Waals surface area (Å²) in [5, 5.41) is 4.07. The molecular weight excluding hydrogens is 456 g/mol. The minimum absolute atomic E-state index is 0.134. The lowest BCUT2D eigenvalue weighted by atomic mass is 10.2. The normalized spacial score (nSPS) is 12.4. The third kappa shape index (κ3) is 3.55. The number of fused-ring (bicyclic) bond motifs is 2. The predicted molar refractivity (Wildman–Crippen MR) is 121 cm³/mol. The van der Waals surface area contributed by atoms with Crippen LogP contribution >= 0.6 is 23.2 Å². The summed E-state index contributed by atoms with van der Waals surface area (Å²) in [6, 6.07) is 8.13. The molecule has 1 unspecified atom stereocenters. The van der Waals surface area contributed by atoms with Crippen molar-refractivity contribution in [2.24, 2.45) is 0 Å². The zero-order valence-electron chi connectivity index (χ0n) is 16.5. The van der Waals surface area contributed by atoms with Crippen molar-refractivity contribution in [2.45, 2.75) is 13.0 Å². The lowest BCUT2D eigenvalue weighted by Crippen LogP contribution is -2.27. The number of aromatic amines is 1. The highest BCUT2D eigenvalue weighted by Crippen LogP contribution is 2.26. The molecule has 0 fully saturated rings. The van der Waals surface area contributed by atoms with Crippen LogP contribution < -0.4 is 10.9 Å². The number of aromatic nitrogens is 6. The monoisotopic (exact) mass is 469 g/mol. The van der Waals surface area contributed by atoms with Gasteiger partial charge in [0.05, 0.1) is 29.0 Å². The number of benzene rings is 2. The Labute approximate surface area is 190 Å². The second-order valence-electron chi connectivity index (χ2n) is 7.09. The topological polar surface area (TPSA) is 101 Å². The van der Waals surface area contributed by atoms with E-state index >= 15 is 0 Å². The van der Waals surface area contributed by atoms with Crippen LogP contribution in [-0.4, -0.2) is 29.5 Å². The third-order valence-electron chi connectivity index (χ3n) is 4.93. The number of hydrogen-bond donors (Lipinski definition) is 2. The maximum absolute atomic E-state index is 13.9. The van der Waals surface area contributed by atoms with E-state index in [0.29, 0.717) is 44.1 Å². The molecule has 160 valence electrons. The van der Waals surface area contributed by atoms with Gasteiger partial charge in [-0.1, -0.05) is 23.2 Å². The highest BCUT2D eigenvalue weighted by atomic mass is 35.5. The molecule has 32 heavy (non-hydrogen) atoms. The number of hydrogen-bond acceptors (Lipinski definition) is 6. The van der Waals surface area contributed by atoms with Crippen LogP contribution in [0.25, 0.3) is 27.8 Å². The fourth-order valence-electron chi connectivity index (χ4n) is 3.53. The maximum atomic E-state index is 13.9. The lowest BCUT2D eigenvalue weighted by Gasteiger charge is -2.20. The first-order chi connectivity index (χ1) is 15.4. The van der Waals surface area contributed by atoms with Gasteiger partial charge in [-0.3, -0.25) is 9.36 Å². The molecule has 2 N–H and O–H groups in total. The molecule has 11 heteroatoms. The zero-order chi connectivity index (χ0) is 22.4. The molecule has 3 aromatic heterocycles. The van der Waals surface area contributed by atoms with E-state index in [1.807, 2.05) is 6.92 Å². The van der Waals surface area contributed by atoms with Gasteiger partial charge in [0, 0.05) is 10.0 Å². The van der Waals surface area contributed by atoms with E-state index in [4.69, 9.17) is 23.2 Å². The van der Waals surface area contributed by atoms with Crippen LogP contribution in [0.2, 0.25) is 10.0 Å². The second kappa shape index (κ2) is 7.85. The average molecular weight is 470 g/mol. The molecule has 0 saturated carbocycles. The molecule has 5 aromatic rings. The van der Waals surface area contributed by atoms with E-state index in [-0.39, 0.29) is 5.39 Å². The molecule has 2 aromatic carbocycles. The maximum Gasteiger partial charge on any atom is 0.266 e. The molecule has 0 radical (unpaired) electrons. The fourth-order valence-corrected chi connectivity index (χ4v) is 4.04. The molecule has 0 aliphatic heterocycles. The molecule has 0 spiro atoms. The van der Waals surface area contributed by atoms with E-state index in [9.17, 15) is 9.18 Å². The first-order valence-electron chi connectivity index (χ1n) is 9.50. The van der Waals surface area contributed by atoms with Gasteiger partial charge in [0.25, 0.3) is 5.56 Å². The Morgan fingerprint density at radius 2 is 1.88 bits per heavy atom. The number of nitrogens with zero attached hydrogens (tertiary/aromatic N) is 5. The summed E-state index contributed by atoms with van der Waals surface area (Å²) in [4.78, 5) is 33.6. The number of imidazole rings is 1. The van der Waals surface area contributed by atoms with Crippen molar-refractivity contribution in [3.63, 3.8) is 0 Å². The van der Waals surface area contributed by atoms with Crippen molar-refractivity contribution < 1.29 is 4.39 Å². The van der Waals surface area contributed by atoms with Crippen LogP contribution in [0.1, 0.15) is 18.8 Å². The van der Waals surface area contributed by atoms with Crippen LogP contribution in [0.5, 0.6) is 0 Å². The summed E-state index contributed by atoms with van der Waals surface area (Å²) >= 11 is 12.4. The summed E-state index contributed by atoms with van der Waals surface area (Å²) < 4.78 is 15.3. The number of nitrogens with one attached hydrogen (secondary N) is 2. The van der Waals surface area contributed by atoms with Crippen LogP contribution in [-0.2, 0) is 0 Å². The minimum Gasteiger partial charge on any atom is -0.358 e. The van der Waals surface area contributed by atoms with Gasteiger partial charge in [-0.15, -0.1) is 0 Å². The largest absolute Gasteiger partial charge is 0.358 e. The molecule has 0 bridgehead atoms. The van der Waals surface area contributed by atoms with Gasteiger partial charge in [-0.25, -0.2) is 24.3 Å². The minimum atomic E-state index is -0.534. The third-order valence-corrected chi connectivity index (χ3v) is 5.36. The standard InChI is InChI=1S/C21H14Cl2FN7O/c1-10(29-19-17-18(26-8-25-17)27-9-28-19)20-30-16-3-2-13(24)7-15(16)21(32)31(20)14-5-11(22)4-12(23)6-14/h2-10H,1H3,(H2,25,26,27,28,29). The van der Waals surface area contributed by atoms with Gasteiger partial charge in [0.1, 0.15) is 23.5 Å². The Morgan fingerprint density at radius 1 is 1.09 bits per heavy atom. The Bertz CT molecular complexity index is 1530. The second-order valence-corrected chi connectivity index (χ2v) is 7.96. The van der Waals surface area contributed by atoms with Crippen molar-refractivity contribution in [2.75, 3.05) is 5.32 Å². The molecule has 0 amide bonds. The fraction of sp³-hybridized carbons (Fsp3) is 0.0952. The van der Waals surface area contributed by atoms with Gasteiger partial charge in [-0.05, 0) is 43.3 Å². The SMILES string of the molecule is CC(Nc1ncnc2nc[nH]c12)c1nc2ccc(F)cc2c(=O)n1-c1cc(Cl)cc(Cl)c1. The van der Waals surface area contributed by atoms with Crippen molar-refractivity contribution in [3.05, 3.63) is 81.1 Å². The van der Waals surface area contributed by atoms with Crippen molar-refractivity contribution >= 4 is 51.1 Å². The van der Waals surface area contributed by atoms with Crippen LogP contribution in [0.15, 0.2) is 53.8 Å². The summed E-state index contributed by atoms with van der Waals surface area (Å²) in [6.07, 6.45) is 2.90. The van der Waals surface area contributed by atoms with Crippen LogP contribution in [0, 0.1) is 5.82 Å². The smallest absolute Gasteiger partial charge is 0.266 e. The molecule has 0 aliphatic rings. The first-order valence-corrected chi connectivity index (χ1v) is 10.3. The van der Waals surface area contributed by atoms with Gasteiger partial charge in [0.15, 0.2) is 11.5 Å². The molecule has 0 aliphatic carbocycles. The molecule has 5 rings (SSSR count). The van der Waals surface area contributed by atoms with Crippen molar-refractivity contribution in [1.29, 1.82) is 0 Å². The number of H-pyrrole nitrogens is 1. The highest BCUT2D eigenvalue weighted by molar-refractivity contribution is 6.34. The van der Waals surface area contributed by atoms with E-state index in [1.54, 1.807) is 18.2 Å². The molecule has 3 heterocycles.